The van der Waals surface area contributed by atoms with Gasteiger partial charge in [-0.1, -0.05) is 36.4 Å². The number of nitrogens with zero attached hydrogens (tertiary/aromatic N) is 4. The first-order valence-electron chi connectivity index (χ1n) is 12.8. The van der Waals surface area contributed by atoms with Crippen molar-refractivity contribution in [2.24, 2.45) is 0 Å². The maximum absolute atomic E-state index is 11.2. The van der Waals surface area contributed by atoms with Gasteiger partial charge >= 0.3 is 0 Å². The minimum atomic E-state index is -1.42. The van der Waals surface area contributed by atoms with Crippen molar-refractivity contribution in [3.05, 3.63) is 72.3 Å². The highest BCUT2D eigenvalue weighted by Crippen LogP contribution is 2.43. The molecule has 0 spiro atoms. The zero-order chi connectivity index (χ0) is 26.8. The fraction of sp³-hybridized carbons (Fsp3) is 0.321. The van der Waals surface area contributed by atoms with E-state index in [4.69, 9.17) is 4.74 Å². The van der Waals surface area contributed by atoms with Crippen molar-refractivity contribution in [3.8, 4) is 0 Å². The lowest BCUT2D eigenvalue weighted by Gasteiger charge is -2.38. The van der Waals surface area contributed by atoms with Gasteiger partial charge < -0.3 is 35.6 Å². The summed E-state index contributed by atoms with van der Waals surface area (Å²) < 4.78 is 7.45. The molecule has 0 bridgehead atoms. The molecular formula is C28H27N5O6. The number of hydrogen-bond acceptors (Lipinski definition) is 10. The van der Waals surface area contributed by atoms with E-state index < -0.39 is 42.8 Å². The first kappa shape index (κ1) is 24.3. The third-order valence-corrected chi connectivity index (χ3v) is 7.95. The second-order valence-corrected chi connectivity index (χ2v) is 10.2. The van der Waals surface area contributed by atoms with Gasteiger partial charge in [0.1, 0.15) is 37.0 Å². The van der Waals surface area contributed by atoms with E-state index in [2.05, 4.69) is 26.3 Å². The van der Waals surface area contributed by atoms with Crippen LogP contribution in [0.5, 0.6) is 0 Å². The summed E-state index contributed by atoms with van der Waals surface area (Å²) in [5.74, 6) is 0.326. The van der Waals surface area contributed by atoms with Crippen LogP contribution in [0, 0.1) is 0 Å². The van der Waals surface area contributed by atoms with E-state index in [1.54, 1.807) is 10.6 Å². The Morgan fingerprint density at radius 1 is 0.923 bits per heavy atom. The second-order valence-electron chi connectivity index (χ2n) is 10.2. The Morgan fingerprint density at radius 3 is 2.49 bits per heavy atom. The Hall–Kier alpha value is -3.71. The molecule has 0 amide bonds. The topological polar surface area (TPSA) is 166 Å². The monoisotopic (exact) mass is 529 g/mol. The predicted molar refractivity (Wildman–Crippen MR) is 142 cm³/mol. The number of imidazole rings is 1. The van der Waals surface area contributed by atoms with Gasteiger partial charge in [0.15, 0.2) is 17.0 Å². The third kappa shape index (κ3) is 3.78. The predicted octanol–water partition coefficient (Wildman–Crippen LogP) is 1.70. The number of ether oxygens (including phenoxy) is 1. The number of aromatic nitrogens is 4. The highest BCUT2D eigenvalue weighted by Gasteiger charge is 2.42. The molecule has 7 rings (SSSR count). The molecule has 3 aromatic carbocycles. The number of hydrogen-bond donors (Lipinski definition) is 6. The average molecular weight is 530 g/mol. The van der Waals surface area contributed by atoms with Crippen molar-refractivity contribution < 1.29 is 30.3 Å². The van der Waals surface area contributed by atoms with Gasteiger partial charge in [-0.15, -0.1) is 0 Å². The van der Waals surface area contributed by atoms with Crippen molar-refractivity contribution in [1.29, 1.82) is 0 Å². The quantitative estimate of drug-likeness (QED) is 0.189. The Bertz CT molecular complexity index is 1710. The standard InChI is InChI=1S/C28H27N5O6/c34-10-19-18(35)9-20(39-19)33-12-31-23-27(29-11-30-28(23)33)32-22-21-16(24(36)26(38)25(22)37)6-5-15-7-13-3-1-2-4-14(13)8-17(15)21/h1-8,11-12,18-20,22,24-26,34-38H,9-10H2,(H,29,30,32)/t18-,19+,20+,22-,24-,25-,26+/m0/s1. The maximum atomic E-state index is 11.2. The van der Waals surface area contributed by atoms with E-state index in [9.17, 15) is 25.5 Å². The van der Waals surface area contributed by atoms with Crippen LogP contribution >= 0.6 is 0 Å². The highest BCUT2D eigenvalue weighted by molar-refractivity contribution is 6.00. The Morgan fingerprint density at radius 2 is 1.72 bits per heavy atom. The van der Waals surface area contributed by atoms with Crippen molar-refractivity contribution in [2.45, 2.75) is 49.2 Å². The average Bonchev–Trinajstić information content (AvgIpc) is 3.56. The minimum Gasteiger partial charge on any atom is -0.394 e. The molecule has 11 heteroatoms. The van der Waals surface area contributed by atoms with Crippen LogP contribution in [-0.4, -0.2) is 76.1 Å². The van der Waals surface area contributed by atoms with Crippen LogP contribution in [0.25, 0.3) is 32.7 Å². The van der Waals surface area contributed by atoms with Crippen LogP contribution < -0.4 is 5.32 Å². The molecule has 6 N–H and O–H groups in total. The van der Waals surface area contributed by atoms with E-state index in [0.29, 0.717) is 28.1 Å². The molecule has 0 unspecified atom stereocenters. The van der Waals surface area contributed by atoms with Gasteiger partial charge in [0.25, 0.3) is 0 Å². The molecule has 7 atom stereocenters. The molecule has 39 heavy (non-hydrogen) atoms. The van der Waals surface area contributed by atoms with Crippen molar-refractivity contribution >= 4 is 38.5 Å². The molecule has 200 valence electrons. The van der Waals surface area contributed by atoms with Gasteiger partial charge in [0.2, 0.25) is 0 Å². The Kier molecular flexibility index (Phi) is 5.74. The summed E-state index contributed by atoms with van der Waals surface area (Å²) >= 11 is 0. The lowest BCUT2D eigenvalue weighted by atomic mass is 9.79. The van der Waals surface area contributed by atoms with E-state index in [1.807, 2.05) is 36.4 Å². The van der Waals surface area contributed by atoms with Gasteiger partial charge in [0, 0.05) is 6.42 Å². The highest BCUT2D eigenvalue weighted by atomic mass is 16.5. The van der Waals surface area contributed by atoms with Gasteiger partial charge in [0.05, 0.1) is 25.1 Å². The zero-order valence-corrected chi connectivity index (χ0v) is 20.7. The van der Waals surface area contributed by atoms with Gasteiger partial charge in [-0.3, -0.25) is 4.57 Å². The summed E-state index contributed by atoms with van der Waals surface area (Å²) in [4.78, 5) is 13.2. The summed E-state index contributed by atoms with van der Waals surface area (Å²) in [6.45, 7) is -0.303. The van der Waals surface area contributed by atoms with Crippen LogP contribution in [0.1, 0.15) is 35.9 Å². The summed E-state index contributed by atoms with van der Waals surface area (Å²) in [7, 11) is 0. The van der Waals surface area contributed by atoms with E-state index >= 15 is 0 Å². The normalized spacial score (nSPS) is 28.8. The van der Waals surface area contributed by atoms with Gasteiger partial charge in [-0.25, -0.2) is 15.0 Å². The lowest BCUT2D eigenvalue weighted by molar-refractivity contribution is -0.0766. The SMILES string of the molecule is OC[C@H]1O[C@@H](n2cnc3c(N[C@H]4c5c(ccc6cc7ccccc7cc56)[C@H](O)[C@@H](O)[C@H]4O)ncnc32)C[C@@H]1O. The molecule has 1 fully saturated rings. The van der Waals surface area contributed by atoms with Crippen LogP contribution in [0.2, 0.25) is 0 Å². The Labute approximate surface area is 222 Å². The number of benzene rings is 3. The number of aliphatic hydroxyl groups is 5. The van der Waals surface area contributed by atoms with Crippen molar-refractivity contribution in [3.63, 3.8) is 0 Å². The van der Waals surface area contributed by atoms with E-state index in [-0.39, 0.29) is 13.0 Å². The fourth-order valence-corrected chi connectivity index (χ4v) is 5.92. The Balaban J connectivity index is 1.34. The van der Waals surface area contributed by atoms with E-state index in [1.165, 1.54) is 12.7 Å². The molecule has 1 saturated heterocycles. The number of nitrogens with one attached hydrogen (secondary N) is 1. The van der Waals surface area contributed by atoms with Crippen LogP contribution in [0.15, 0.2) is 61.2 Å². The smallest absolute Gasteiger partial charge is 0.167 e. The largest absolute Gasteiger partial charge is 0.394 e. The van der Waals surface area contributed by atoms with Crippen molar-refractivity contribution in [2.75, 3.05) is 11.9 Å². The molecule has 0 saturated carbocycles. The van der Waals surface area contributed by atoms with Gasteiger partial charge in [-0.2, -0.15) is 0 Å². The number of rotatable bonds is 4. The summed E-state index contributed by atoms with van der Waals surface area (Å²) in [6, 6.07) is 14.9. The minimum absolute atomic E-state index is 0.266. The maximum Gasteiger partial charge on any atom is 0.167 e. The number of aliphatic hydroxyl groups excluding tert-OH is 5. The zero-order valence-electron chi connectivity index (χ0n) is 20.7. The van der Waals surface area contributed by atoms with Crippen LogP contribution in [0.4, 0.5) is 5.82 Å². The third-order valence-electron chi connectivity index (χ3n) is 7.95. The summed E-state index contributed by atoms with van der Waals surface area (Å²) in [5, 5.41) is 59.6. The summed E-state index contributed by atoms with van der Waals surface area (Å²) in [6.07, 6.45) is -2.97. The molecule has 3 heterocycles. The molecule has 1 aliphatic heterocycles. The van der Waals surface area contributed by atoms with Gasteiger partial charge in [-0.05, 0) is 44.8 Å². The van der Waals surface area contributed by atoms with E-state index in [0.717, 1.165) is 21.5 Å². The van der Waals surface area contributed by atoms with Crippen LogP contribution in [-0.2, 0) is 4.74 Å². The molecule has 11 nitrogen and oxygen atoms in total. The van der Waals surface area contributed by atoms with Crippen LogP contribution in [0.3, 0.4) is 0 Å². The second kappa shape index (κ2) is 9.19. The molecule has 2 aliphatic rings. The summed E-state index contributed by atoms with van der Waals surface area (Å²) in [5.41, 5.74) is 2.04. The first-order chi connectivity index (χ1) is 18.9. The molecule has 5 aromatic rings. The fourth-order valence-electron chi connectivity index (χ4n) is 5.92. The number of fused-ring (bicyclic) bond motifs is 5. The molecule has 2 aromatic heterocycles. The molecule has 0 radical (unpaired) electrons. The first-order valence-corrected chi connectivity index (χ1v) is 12.8. The molecular weight excluding hydrogens is 502 g/mol. The molecule has 1 aliphatic carbocycles. The lowest BCUT2D eigenvalue weighted by Crippen LogP contribution is -2.44. The number of anilines is 1. The van der Waals surface area contributed by atoms with Crippen molar-refractivity contribution in [1.82, 2.24) is 19.5 Å².